The van der Waals surface area contributed by atoms with E-state index in [0.717, 1.165) is 82.0 Å². The first-order valence-corrected chi connectivity index (χ1v) is 11.8. The molecule has 1 amide bonds. The second-order valence-electron chi connectivity index (χ2n) is 8.78. The van der Waals surface area contributed by atoms with E-state index in [1.807, 2.05) is 24.3 Å². The number of hydrogen-bond donors (Lipinski definition) is 1. The number of amides is 1. The SMILES string of the molecule is O=C(Nc1ccc2c(ccn2CCN2CCOCC2)c1)C(c1ccccc1)N1CCCC1. The number of rotatable bonds is 7. The molecule has 2 aliphatic heterocycles. The Labute approximate surface area is 189 Å². The molecule has 0 spiro atoms. The van der Waals surface area contributed by atoms with Gasteiger partial charge in [-0.25, -0.2) is 0 Å². The van der Waals surface area contributed by atoms with Crippen LogP contribution in [0.5, 0.6) is 0 Å². The number of carbonyl (C=O) groups is 1. The van der Waals surface area contributed by atoms with Crippen LogP contribution in [0.25, 0.3) is 10.9 Å². The van der Waals surface area contributed by atoms with Crippen LogP contribution in [0.1, 0.15) is 24.4 Å². The molecule has 3 heterocycles. The van der Waals surface area contributed by atoms with Gasteiger partial charge >= 0.3 is 0 Å². The minimum absolute atomic E-state index is 0.0456. The van der Waals surface area contributed by atoms with Gasteiger partial charge in [0.1, 0.15) is 6.04 Å². The fourth-order valence-corrected chi connectivity index (χ4v) is 4.92. The summed E-state index contributed by atoms with van der Waals surface area (Å²) in [5.74, 6) is 0.0456. The Balaban J connectivity index is 1.29. The van der Waals surface area contributed by atoms with Crippen molar-refractivity contribution in [2.45, 2.75) is 25.4 Å². The lowest BCUT2D eigenvalue weighted by atomic mass is 10.0. The minimum atomic E-state index is -0.243. The Morgan fingerprint density at radius 1 is 0.938 bits per heavy atom. The zero-order chi connectivity index (χ0) is 21.8. The molecular formula is C26H32N4O2. The molecule has 0 saturated carbocycles. The fourth-order valence-electron chi connectivity index (χ4n) is 4.92. The molecule has 5 rings (SSSR count). The van der Waals surface area contributed by atoms with Crippen LogP contribution in [0.2, 0.25) is 0 Å². The molecule has 2 aliphatic rings. The molecule has 1 unspecified atom stereocenters. The highest BCUT2D eigenvalue weighted by atomic mass is 16.5. The van der Waals surface area contributed by atoms with Crippen LogP contribution in [-0.4, -0.2) is 66.2 Å². The fraction of sp³-hybridized carbons (Fsp3) is 0.423. The molecule has 2 aromatic carbocycles. The standard InChI is InChI=1S/C26H32N4O2/c31-26(25(30-11-4-5-12-30)21-6-2-1-3-7-21)27-23-8-9-24-22(20-23)10-13-29(24)15-14-28-16-18-32-19-17-28/h1-3,6-10,13,20,25H,4-5,11-12,14-19H2,(H,27,31). The summed E-state index contributed by atoms with van der Waals surface area (Å²) in [4.78, 5) is 18.1. The van der Waals surface area contributed by atoms with E-state index in [9.17, 15) is 4.79 Å². The lowest BCUT2D eigenvalue weighted by molar-refractivity contribution is -0.121. The second kappa shape index (κ2) is 9.86. The topological polar surface area (TPSA) is 49.7 Å². The van der Waals surface area contributed by atoms with Crippen molar-refractivity contribution in [3.05, 3.63) is 66.4 Å². The summed E-state index contributed by atoms with van der Waals surface area (Å²) in [5, 5.41) is 4.35. The molecule has 32 heavy (non-hydrogen) atoms. The zero-order valence-electron chi connectivity index (χ0n) is 18.6. The van der Waals surface area contributed by atoms with Crippen molar-refractivity contribution in [2.75, 3.05) is 51.3 Å². The molecule has 2 saturated heterocycles. The summed E-state index contributed by atoms with van der Waals surface area (Å²) >= 11 is 0. The van der Waals surface area contributed by atoms with Gasteiger partial charge in [0.2, 0.25) is 5.91 Å². The molecule has 1 atom stereocenters. The molecule has 6 heteroatoms. The highest BCUT2D eigenvalue weighted by Gasteiger charge is 2.29. The van der Waals surface area contributed by atoms with E-state index in [0.29, 0.717) is 0 Å². The van der Waals surface area contributed by atoms with Gasteiger partial charge in [-0.05, 0) is 55.8 Å². The Morgan fingerprint density at radius 2 is 1.72 bits per heavy atom. The van der Waals surface area contributed by atoms with E-state index in [-0.39, 0.29) is 11.9 Å². The predicted octanol–water partition coefficient (Wildman–Crippen LogP) is 3.75. The van der Waals surface area contributed by atoms with E-state index < -0.39 is 0 Å². The van der Waals surface area contributed by atoms with Gasteiger partial charge in [-0.2, -0.15) is 0 Å². The van der Waals surface area contributed by atoms with Crippen molar-refractivity contribution in [3.8, 4) is 0 Å². The number of hydrogen-bond acceptors (Lipinski definition) is 4. The first-order valence-electron chi connectivity index (χ1n) is 11.8. The van der Waals surface area contributed by atoms with Crippen molar-refractivity contribution in [3.63, 3.8) is 0 Å². The Morgan fingerprint density at radius 3 is 2.50 bits per heavy atom. The minimum Gasteiger partial charge on any atom is -0.379 e. The quantitative estimate of drug-likeness (QED) is 0.618. The summed E-state index contributed by atoms with van der Waals surface area (Å²) in [6.45, 7) is 7.61. The van der Waals surface area contributed by atoms with E-state index in [1.54, 1.807) is 0 Å². The third-order valence-corrected chi connectivity index (χ3v) is 6.67. The smallest absolute Gasteiger partial charge is 0.246 e. The molecule has 0 bridgehead atoms. The molecule has 6 nitrogen and oxygen atoms in total. The predicted molar refractivity (Wildman–Crippen MR) is 128 cm³/mol. The first kappa shape index (κ1) is 21.2. The number of fused-ring (bicyclic) bond motifs is 1. The van der Waals surface area contributed by atoms with Gasteiger partial charge in [-0.15, -0.1) is 0 Å². The maximum atomic E-state index is 13.3. The lowest BCUT2D eigenvalue weighted by Crippen LogP contribution is -2.38. The number of ether oxygens (including phenoxy) is 1. The first-order chi connectivity index (χ1) is 15.8. The highest BCUT2D eigenvalue weighted by molar-refractivity contribution is 5.97. The summed E-state index contributed by atoms with van der Waals surface area (Å²) in [6, 6.07) is 18.3. The van der Waals surface area contributed by atoms with Crippen molar-refractivity contribution in [2.24, 2.45) is 0 Å². The van der Waals surface area contributed by atoms with E-state index in [1.165, 1.54) is 5.52 Å². The lowest BCUT2D eigenvalue weighted by Gasteiger charge is -2.27. The number of carbonyl (C=O) groups excluding carboxylic acids is 1. The van der Waals surface area contributed by atoms with Crippen LogP contribution >= 0.6 is 0 Å². The van der Waals surface area contributed by atoms with Gasteiger partial charge in [-0.1, -0.05) is 30.3 Å². The molecule has 2 fully saturated rings. The maximum Gasteiger partial charge on any atom is 0.246 e. The number of nitrogens with one attached hydrogen (secondary N) is 1. The summed E-state index contributed by atoms with van der Waals surface area (Å²) in [7, 11) is 0. The van der Waals surface area contributed by atoms with Crippen molar-refractivity contribution >= 4 is 22.5 Å². The van der Waals surface area contributed by atoms with Gasteiger partial charge < -0.3 is 14.6 Å². The molecule has 1 aromatic heterocycles. The molecule has 1 N–H and O–H groups in total. The average molecular weight is 433 g/mol. The maximum absolute atomic E-state index is 13.3. The van der Waals surface area contributed by atoms with Crippen molar-refractivity contribution < 1.29 is 9.53 Å². The largest absolute Gasteiger partial charge is 0.379 e. The number of anilines is 1. The summed E-state index contributed by atoms with van der Waals surface area (Å²) < 4.78 is 7.74. The van der Waals surface area contributed by atoms with E-state index in [2.05, 4.69) is 56.2 Å². The molecule has 3 aromatic rings. The number of likely N-dealkylation sites (tertiary alicyclic amines) is 1. The van der Waals surface area contributed by atoms with E-state index >= 15 is 0 Å². The molecular weight excluding hydrogens is 400 g/mol. The van der Waals surface area contributed by atoms with Crippen molar-refractivity contribution in [1.29, 1.82) is 0 Å². The van der Waals surface area contributed by atoms with Gasteiger partial charge in [0.05, 0.1) is 13.2 Å². The number of aromatic nitrogens is 1. The number of benzene rings is 2. The van der Waals surface area contributed by atoms with Gasteiger partial charge in [-0.3, -0.25) is 14.6 Å². The van der Waals surface area contributed by atoms with Crippen LogP contribution in [0.4, 0.5) is 5.69 Å². The Kier molecular flexibility index (Phi) is 6.53. The van der Waals surface area contributed by atoms with Gasteiger partial charge in [0, 0.05) is 49.0 Å². The highest BCUT2D eigenvalue weighted by Crippen LogP contribution is 2.28. The Hall–Kier alpha value is -2.67. The van der Waals surface area contributed by atoms with Crippen LogP contribution in [0.3, 0.4) is 0 Å². The van der Waals surface area contributed by atoms with Crippen LogP contribution in [0, 0.1) is 0 Å². The van der Waals surface area contributed by atoms with Crippen molar-refractivity contribution in [1.82, 2.24) is 14.4 Å². The monoisotopic (exact) mass is 432 g/mol. The molecule has 168 valence electrons. The molecule has 0 aliphatic carbocycles. The number of morpholine rings is 1. The number of nitrogens with zero attached hydrogens (tertiary/aromatic N) is 3. The Bertz CT molecular complexity index is 1040. The van der Waals surface area contributed by atoms with Gasteiger partial charge in [0.15, 0.2) is 0 Å². The van der Waals surface area contributed by atoms with E-state index in [4.69, 9.17) is 4.74 Å². The van der Waals surface area contributed by atoms with Crippen LogP contribution in [0.15, 0.2) is 60.8 Å². The second-order valence-corrected chi connectivity index (χ2v) is 8.78. The van der Waals surface area contributed by atoms with Gasteiger partial charge in [0.25, 0.3) is 0 Å². The summed E-state index contributed by atoms with van der Waals surface area (Å²) in [6.07, 6.45) is 4.45. The average Bonchev–Trinajstić information content (AvgIpc) is 3.49. The third kappa shape index (κ3) is 4.72. The zero-order valence-corrected chi connectivity index (χ0v) is 18.6. The summed E-state index contributed by atoms with van der Waals surface area (Å²) in [5.41, 5.74) is 3.12. The van der Waals surface area contributed by atoms with Crippen LogP contribution in [-0.2, 0) is 16.1 Å². The van der Waals surface area contributed by atoms with Crippen LogP contribution < -0.4 is 5.32 Å². The third-order valence-electron chi connectivity index (χ3n) is 6.67. The molecule has 0 radical (unpaired) electrons. The normalized spacial score (nSPS) is 18.8.